The van der Waals surface area contributed by atoms with E-state index in [1.807, 2.05) is 100 Å². The summed E-state index contributed by atoms with van der Waals surface area (Å²) in [6.45, 7) is 36.1. The molecule has 1 atom stereocenters. The lowest BCUT2D eigenvalue weighted by atomic mass is 9.88. The number of carbonyl (C=O) groups excluding carboxylic acids is 3. The van der Waals surface area contributed by atoms with Crippen molar-refractivity contribution >= 4 is 30.0 Å². The molecule has 0 spiro atoms. The molecule has 408 valence electrons. The molecule has 1 unspecified atom stereocenters. The molecule has 10 heteroatoms. The summed E-state index contributed by atoms with van der Waals surface area (Å²) in [5.41, 5.74) is 3.27. The third kappa shape index (κ3) is 23.0. The van der Waals surface area contributed by atoms with Crippen molar-refractivity contribution in [2.45, 2.75) is 178 Å². The average Bonchev–Trinajstić information content (AvgIpc) is 4.10. The molecule has 6 rings (SSSR count). The first-order valence-corrected chi connectivity index (χ1v) is 26.8. The lowest BCUT2D eigenvalue weighted by molar-refractivity contribution is -0.171. The van der Waals surface area contributed by atoms with E-state index in [4.69, 9.17) is 24.4 Å². The van der Waals surface area contributed by atoms with E-state index in [9.17, 15) is 19.2 Å². The summed E-state index contributed by atoms with van der Waals surface area (Å²) >= 11 is 0. The Morgan fingerprint density at radius 3 is 1.38 bits per heavy atom. The molecule has 74 heavy (non-hydrogen) atoms. The molecular weight excluding hydrogens is 927 g/mol. The van der Waals surface area contributed by atoms with Gasteiger partial charge >= 0.3 is 23.9 Å². The number of phenolic OH excluding ortho intramolecular Hbond substituents is 1. The molecule has 0 bridgehead atoms. The Morgan fingerprint density at radius 2 is 1.07 bits per heavy atom. The molecular formula is C64H93NO9. The highest BCUT2D eigenvalue weighted by Gasteiger charge is 2.42. The fourth-order valence-electron chi connectivity index (χ4n) is 7.70. The van der Waals surface area contributed by atoms with Gasteiger partial charge in [0.15, 0.2) is 0 Å². The standard InChI is InChI=1S/C17H24O2.C15H18O2.C10H10O2.C10H14O.C6H15N.C6H12O2/c1-4-16(2,3)15(18)19-17(12-8-9-13-17)14-10-6-5-7-11-14;1-12(2)14(16)17-15(10-6-7-11-15)13-8-4-3-5-9-13;1-3-9-4-6-10(7-5-9)12-8(2)11;1-3-8(2)9-4-6-10(11)7-5-9;1-4-7(5-2)6-3;1-4-6(2,3)5(7)8/h5-7,10-11H,4,8-9,12-13H2,1-3H3;3-5,8-9H,1,6-7,10-11H2,2H3;3-7H,1H2,2H3;4-8,11H,3H2,1-2H3;4-6H2,1-3H3;4H2,1-3H3,(H,7,8). The second-order valence-corrected chi connectivity index (χ2v) is 20.4. The Kier molecular flexibility index (Phi) is 30.1. The molecule has 2 saturated carbocycles. The molecule has 0 radical (unpaired) electrons. The van der Waals surface area contributed by atoms with Gasteiger partial charge in [-0.05, 0) is 177 Å². The van der Waals surface area contributed by atoms with Gasteiger partial charge in [-0.2, -0.15) is 0 Å². The zero-order valence-electron chi connectivity index (χ0n) is 47.6. The van der Waals surface area contributed by atoms with E-state index in [0.29, 0.717) is 29.4 Å². The van der Waals surface area contributed by atoms with Gasteiger partial charge in [-0.25, -0.2) is 4.79 Å². The summed E-state index contributed by atoms with van der Waals surface area (Å²) in [7, 11) is 0. The minimum absolute atomic E-state index is 0.0687. The average molecular weight is 1020 g/mol. The molecule has 0 amide bonds. The largest absolute Gasteiger partial charge is 0.508 e. The van der Waals surface area contributed by atoms with Gasteiger partial charge in [0.1, 0.15) is 22.7 Å². The number of carboxylic acid groups (broad SMARTS) is 1. The van der Waals surface area contributed by atoms with Crippen LogP contribution in [0.1, 0.15) is 189 Å². The predicted octanol–water partition coefficient (Wildman–Crippen LogP) is 16.0. The molecule has 2 N–H and O–H groups in total. The number of aromatic hydroxyl groups is 1. The maximum Gasteiger partial charge on any atom is 0.333 e. The maximum absolute atomic E-state index is 12.4. The predicted molar refractivity (Wildman–Crippen MR) is 304 cm³/mol. The Hall–Kier alpha value is -6.00. The lowest BCUT2D eigenvalue weighted by Crippen LogP contribution is -2.36. The van der Waals surface area contributed by atoms with Crippen LogP contribution >= 0.6 is 0 Å². The highest BCUT2D eigenvalue weighted by atomic mass is 16.6. The van der Waals surface area contributed by atoms with Crippen molar-refractivity contribution in [1.29, 1.82) is 0 Å². The van der Waals surface area contributed by atoms with Crippen LogP contribution in [0, 0.1) is 10.8 Å². The smallest absolute Gasteiger partial charge is 0.333 e. The van der Waals surface area contributed by atoms with Gasteiger partial charge in [0.25, 0.3) is 0 Å². The normalized spacial score (nSPS) is 14.4. The number of esters is 3. The molecule has 2 fully saturated rings. The third-order valence-corrected chi connectivity index (χ3v) is 14.0. The summed E-state index contributed by atoms with van der Waals surface area (Å²) in [5, 5.41) is 17.5. The van der Waals surface area contributed by atoms with Crippen LogP contribution in [0.2, 0.25) is 0 Å². The molecule has 10 nitrogen and oxygen atoms in total. The molecule has 2 aliphatic rings. The topological polar surface area (TPSA) is 140 Å². The lowest BCUT2D eigenvalue weighted by Gasteiger charge is -2.33. The zero-order chi connectivity index (χ0) is 56.0. The SMILES string of the molecule is C=C(C)C(=O)OC1(c2ccccc2)CCCC1.C=Cc1ccc(OC(C)=O)cc1.CCC(C)(C)C(=O)O.CCC(C)(C)C(=O)OC1(c2ccccc2)CCCC1.CCC(C)c1ccc(O)cc1.CCN(CC)CC. The van der Waals surface area contributed by atoms with Gasteiger partial charge in [0.05, 0.1) is 10.8 Å². The van der Waals surface area contributed by atoms with E-state index in [2.05, 4.69) is 64.8 Å². The van der Waals surface area contributed by atoms with Gasteiger partial charge in [0.2, 0.25) is 0 Å². The molecule has 4 aromatic rings. The Bertz CT molecular complexity index is 2230. The summed E-state index contributed by atoms with van der Waals surface area (Å²) in [4.78, 5) is 47.3. The fourth-order valence-corrected chi connectivity index (χ4v) is 7.70. The number of aliphatic carboxylic acids is 1. The second kappa shape index (κ2) is 33.7. The molecule has 2 aliphatic carbocycles. The van der Waals surface area contributed by atoms with Crippen molar-refractivity contribution in [2.75, 3.05) is 19.6 Å². The van der Waals surface area contributed by atoms with Crippen LogP contribution in [0.15, 0.2) is 128 Å². The molecule has 0 saturated heterocycles. The monoisotopic (exact) mass is 1020 g/mol. The number of ether oxygens (including phenoxy) is 3. The van der Waals surface area contributed by atoms with E-state index in [1.165, 1.54) is 32.1 Å². The van der Waals surface area contributed by atoms with Gasteiger partial charge in [-0.3, -0.25) is 14.4 Å². The van der Waals surface area contributed by atoms with Gasteiger partial charge in [0, 0.05) is 12.5 Å². The van der Waals surface area contributed by atoms with Crippen molar-refractivity contribution in [2.24, 2.45) is 10.8 Å². The van der Waals surface area contributed by atoms with Crippen molar-refractivity contribution in [3.8, 4) is 11.5 Å². The van der Waals surface area contributed by atoms with Crippen molar-refractivity contribution in [3.63, 3.8) is 0 Å². The van der Waals surface area contributed by atoms with E-state index in [1.54, 1.807) is 51.1 Å². The first-order valence-electron chi connectivity index (χ1n) is 26.8. The minimum Gasteiger partial charge on any atom is -0.508 e. The molecule has 0 aliphatic heterocycles. The number of benzene rings is 4. The van der Waals surface area contributed by atoms with Crippen molar-refractivity contribution in [1.82, 2.24) is 4.90 Å². The first kappa shape index (κ1) is 66.0. The highest BCUT2D eigenvalue weighted by Crippen LogP contribution is 2.44. The number of nitrogens with zero attached hydrogens (tertiary/aromatic N) is 1. The van der Waals surface area contributed by atoms with Crippen LogP contribution in [0.25, 0.3) is 6.08 Å². The number of hydrogen-bond donors (Lipinski definition) is 2. The quantitative estimate of drug-likeness (QED) is 0.0633. The first-order chi connectivity index (χ1) is 34.9. The van der Waals surface area contributed by atoms with Crippen LogP contribution in [-0.4, -0.2) is 58.6 Å². The third-order valence-electron chi connectivity index (χ3n) is 14.0. The van der Waals surface area contributed by atoms with Crippen LogP contribution < -0.4 is 4.74 Å². The fraction of sp³-hybridized carbons (Fsp3) is 0.500. The van der Waals surface area contributed by atoms with Crippen molar-refractivity contribution in [3.05, 3.63) is 150 Å². The molecule has 0 aromatic heterocycles. The number of rotatable bonds is 16. The van der Waals surface area contributed by atoms with Crippen LogP contribution in [-0.2, 0) is 39.9 Å². The minimum atomic E-state index is -0.722. The van der Waals surface area contributed by atoms with Gasteiger partial charge in [-0.15, -0.1) is 0 Å². The van der Waals surface area contributed by atoms with Gasteiger partial charge < -0.3 is 29.3 Å². The van der Waals surface area contributed by atoms with Crippen LogP contribution in [0.4, 0.5) is 0 Å². The Labute approximate surface area is 446 Å². The highest BCUT2D eigenvalue weighted by molar-refractivity contribution is 5.87. The number of phenols is 1. The second-order valence-electron chi connectivity index (χ2n) is 20.4. The van der Waals surface area contributed by atoms with E-state index < -0.39 is 22.4 Å². The van der Waals surface area contributed by atoms with E-state index in [0.717, 1.165) is 80.9 Å². The summed E-state index contributed by atoms with van der Waals surface area (Å²) in [6, 6.07) is 34.8. The summed E-state index contributed by atoms with van der Waals surface area (Å²) in [5.74, 6) is 0.124. The summed E-state index contributed by atoms with van der Waals surface area (Å²) < 4.78 is 16.6. The molecule has 4 aromatic carbocycles. The van der Waals surface area contributed by atoms with Crippen LogP contribution in [0.3, 0.4) is 0 Å². The van der Waals surface area contributed by atoms with E-state index in [-0.39, 0.29) is 23.5 Å². The number of carbonyl (C=O) groups is 4. The van der Waals surface area contributed by atoms with Crippen molar-refractivity contribution < 1.29 is 43.6 Å². The van der Waals surface area contributed by atoms with Gasteiger partial charge in [-0.1, -0.05) is 153 Å². The summed E-state index contributed by atoms with van der Waals surface area (Å²) in [6.07, 6.45) is 12.6. The zero-order valence-corrected chi connectivity index (χ0v) is 47.6. The Balaban J connectivity index is 0.000000460. The number of hydrogen-bond acceptors (Lipinski definition) is 9. The number of carboxylic acids is 1. The maximum atomic E-state index is 12.4. The molecule has 0 heterocycles. The van der Waals surface area contributed by atoms with Crippen LogP contribution in [0.5, 0.6) is 11.5 Å². The van der Waals surface area contributed by atoms with E-state index >= 15 is 0 Å². The Morgan fingerprint density at radius 1 is 0.649 bits per heavy atom.